The van der Waals surface area contributed by atoms with E-state index in [-0.39, 0.29) is 10.4 Å². The fraction of sp³-hybridized carbons (Fsp3) is 0.360. The van der Waals surface area contributed by atoms with E-state index in [0.717, 1.165) is 9.87 Å². The molecule has 9 nitrogen and oxygen atoms in total. The average Bonchev–Trinajstić information content (AvgIpc) is 3.26. The lowest BCUT2D eigenvalue weighted by Gasteiger charge is -2.30. The molecule has 2 aromatic carbocycles. The minimum atomic E-state index is -3.75. The summed E-state index contributed by atoms with van der Waals surface area (Å²) in [6.45, 7) is 1.69. The molecule has 0 spiro atoms. The summed E-state index contributed by atoms with van der Waals surface area (Å²) in [6.07, 6.45) is 0.745. The zero-order valence-corrected chi connectivity index (χ0v) is 20.6. The molecule has 0 aliphatic carbocycles. The number of aromatic nitrogens is 1. The fourth-order valence-electron chi connectivity index (χ4n) is 4.44. The van der Waals surface area contributed by atoms with E-state index in [1.54, 1.807) is 12.1 Å². The molecule has 1 fully saturated rings. The molecule has 0 bridgehead atoms. The van der Waals surface area contributed by atoms with Crippen LogP contribution in [0.15, 0.2) is 65.7 Å². The van der Waals surface area contributed by atoms with Gasteiger partial charge in [0.25, 0.3) is 5.91 Å². The van der Waals surface area contributed by atoms with Crippen molar-refractivity contribution in [1.82, 2.24) is 14.2 Å². The molecule has 0 radical (unpaired) electrons. The quantitative estimate of drug-likeness (QED) is 0.459. The number of nitrogens with two attached hydrogens (primary N) is 1. The Labute approximate surface area is 205 Å². The van der Waals surface area contributed by atoms with Crippen LogP contribution in [-0.4, -0.2) is 79.6 Å². The van der Waals surface area contributed by atoms with Crippen LogP contribution in [0.4, 0.5) is 0 Å². The predicted octanol–water partition coefficient (Wildman–Crippen LogP) is 1.57. The smallest absolute Gasteiger partial charge is 0.259 e. The van der Waals surface area contributed by atoms with Crippen LogP contribution >= 0.6 is 0 Å². The van der Waals surface area contributed by atoms with E-state index in [1.165, 1.54) is 32.4 Å². The van der Waals surface area contributed by atoms with Gasteiger partial charge in [0.15, 0.2) is 6.10 Å². The van der Waals surface area contributed by atoms with Gasteiger partial charge in [-0.3, -0.25) is 14.7 Å². The number of carbonyl (C=O) groups is 1. The van der Waals surface area contributed by atoms with Crippen LogP contribution in [-0.2, 0) is 14.8 Å². The third kappa shape index (κ3) is 5.30. The minimum absolute atomic E-state index is 0.0479. The highest BCUT2D eigenvalue weighted by atomic mass is 32.2. The summed E-state index contributed by atoms with van der Waals surface area (Å²) in [5, 5.41) is 10.5. The number of nitrogens with zero attached hydrogens (tertiary/aromatic N) is 3. The number of aliphatic hydroxyl groups is 1. The van der Waals surface area contributed by atoms with Crippen molar-refractivity contribution in [2.45, 2.75) is 29.4 Å². The Morgan fingerprint density at radius 1 is 1.20 bits per heavy atom. The highest BCUT2D eigenvalue weighted by molar-refractivity contribution is 7.89. The molecule has 1 saturated heterocycles. The van der Waals surface area contributed by atoms with Gasteiger partial charge in [-0.15, -0.1) is 0 Å². The third-order valence-electron chi connectivity index (χ3n) is 6.28. The largest absolute Gasteiger partial charge is 0.479 e. The minimum Gasteiger partial charge on any atom is -0.479 e. The number of carbonyl (C=O) groups excluding carboxylic acids is 1. The van der Waals surface area contributed by atoms with Gasteiger partial charge in [0.05, 0.1) is 11.6 Å². The molecule has 1 aromatic heterocycles. The second kappa shape index (κ2) is 10.3. The van der Waals surface area contributed by atoms with Crippen LogP contribution in [0.2, 0.25) is 0 Å². The number of fused-ring (bicyclic) bond motifs is 1. The van der Waals surface area contributed by atoms with Crippen LogP contribution < -0.4 is 10.5 Å². The summed E-state index contributed by atoms with van der Waals surface area (Å²) in [6, 6.07) is 15.9. The zero-order chi connectivity index (χ0) is 25.2. The number of β-amino-alcohol motifs (C(OH)–C–C–N with tert-alkyl or cyclic N) is 1. The Morgan fingerprint density at radius 3 is 2.57 bits per heavy atom. The number of ether oxygens (including phenoxy) is 1. The lowest BCUT2D eigenvalue weighted by Crippen LogP contribution is -2.43. The molecule has 1 amide bonds. The fourth-order valence-corrected chi connectivity index (χ4v) is 5.48. The number of aliphatic hydroxyl groups excluding tert-OH is 1. The standard InChI is InChI=1S/C25H30N4O5S/c1-28(2)35(32,33)22-11-10-21(19-9-6-13-27-23(19)22)34-24(25(26)31)20(17-7-4-3-5-8-17)16-29-14-12-18(30)15-29/h3-11,13,18,20,24,30H,12,14-16H2,1-2H3,(H2,26,31)/t18-,20+,24?/m0/s1. The monoisotopic (exact) mass is 498 g/mol. The van der Waals surface area contributed by atoms with Crippen molar-refractivity contribution in [2.75, 3.05) is 33.7 Å². The highest BCUT2D eigenvalue weighted by Gasteiger charge is 2.34. The van der Waals surface area contributed by atoms with Crippen molar-refractivity contribution in [2.24, 2.45) is 5.73 Å². The maximum atomic E-state index is 12.8. The molecular weight excluding hydrogens is 468 g/mol. The summed E-state index contributed by atoms with van der Waals surface area (Å²) in [4.78, 5) is 19.2. The van der Waals surface area contributed by atoms with E-state index in [2.05, 4.69) is 9.88 Å². The first kappa shape index (κ1) is 25.1. The highest BCUT2D eigenvalue weighted by Crippen LogP contribution is 2.34. The number of primary amides is 1. The van der Waals surface area contributed by atoms with E-state index in [1.807, 2.05) is 30.3 Å². The molecule has 1 aliphatic rings. The van der Waals surface area contributed by atoms with E-state index in [4.69, 9.17) is 10.5 Å². The lowest BCUT2D eigenvalue weighted by molar-refractivity contribution is -0.125. The number of rotatable bonds is 9. The van der Waals surface area contributed by atoms with Crippen molar-refractivity contribution in [3.63, 3.8) is 0 Å². The van der Waals surface area contributed by atoms with E-state index >= 15 is 0 Å². The zero-order valence-electron chi connectivity index (χ0n) is 19.7. The summed E-state index contributed by atoms with van der Waals surface area (Å²) in [5.41, 5.74) is 6.99. The van der Waals surface area contributed by atoms with Gasteiger partial charge in [-0.1, -0.05) is 30.3 Å². The molecule has 1 unspecified atom stereocenters. The summed E-state index contributed by atoms with van der Waals surface area (Å²) >= 11 is 0. The number of hydrogen-bond acceptors (Lipinski definition) is 7. The molecule has 186 valence electrons. The molecule has 0 saturated carbocycles. The first-order chi connectivity index (χ1) is 16.7. The third-order valence-corrected chi connectivity index (χ3v) is 8.13. The van der Waals surface area contributed by atoms with Gasteiger partial charge in [0.2, 0.25) is 10.0 Å². The molecule has 3 aromatic rings. The molecule has 4 rings (SSSR count). The van der Waals surface area contributed by atoms with E-state index in [9.17, 15) is 18.3 Å². The Balaban J connectivity index is 1.75. The summed E-state index contributed by atoms with van der Waals surface area (Å²) in [5.74, 6) is -0.728. The number of benzene rings is 2. The molecule has 3 N–H and O–H groups in total. The first-order valence-electron chi connectivity index (χ1n) is 11.4. The molecule has 3 atom stereocenters. The Bertz CT molecular complexity index is 1300. The number of likely N-dealkylation sites (tertiary alicyclic amines) is 1. The van der Waals surface area contributed by atoms with E-state index in [0.29, 0.717) is 37.2 Å². The van der Waals surface area contributed by atoms with Crippen molar-refractivity contribution < 1.29 is 23.1 Å². The van der Waals surface area contributed by atoms with Gasteiger partial charge in [0.1, 0.15) is 10.6 Å². The van der Waals surface area contributed by atoms with Crippen molar-refractivity contribution in [3.05, 3.63) is 66.4 Å². The summed E-state index contributed by atoms with van der Waals surface area (Å²) in [7, 11) is -0.841. The first-order valence-corrected chi connectivity index (χ1v) is 12.8. The van der Waals surface area contributed by atoms with Crippen LogP contribution in [0, 0.1) is 0 Å². The summed E-state index contributed by atoms with van der Waals surface area (Å²) < 4.78 is 33.1. The number of amides is 1. The Kier molecular flexibility index (Phi) is 7.36. The normalized spacial score (nSPS) is 18.6. The van der Waals surface area contributed by atoms with Crippen LogP contribution in [0.25, 0.3) is 10.9 Å². The van der Waals surface area contributed by atoms with Gasteiger partial charge in [0, 0.05) is 51.2 Å². The van der Waals surface area contributed by atoms with Crippen LogP contribution in [0.3, 0.4) is 0 Å². The Hall–Kier alpha value is -3.05. The molecule has 10 heteroatoms. The Morgan fingerprint density at radius 2 is 1.94 bits per heavy atom. The van der Waals surface area contributed by atoms with Crippen molar-refractivity contribution in [1.29, 1.82) is 0 Å². The van der Waals surface area contributed by atoms with Gasteiger partial charge in [-0.25, -0.2) is 12.7 Å². The predicted molar refractivity (Wildman–Crippen MR) is 132 cm³/mol. The second-order valence-corrected chi connectivity index (χ2v) is 11.0. The van der Waals surface area contributed by atoms with Crippen molar-refractivity contribution in [3.8, 4) is 5.75 Å². The molecule has 1 aliphatic heterocycles. The maximum absolute atomic E-state index is 12.8. The lowest BCUT2D eigenvalue weighted by atomic mass is 9.92. The SMILES string of the molecule is CN(C)S(=O)(=O)c1ccc(OC(C(N)=O)[C@H](CN2CC[C@H](O)C2)c2ccccc2)c2cccnc12. The number of pyridine rings is 1. The van der Waals surface area contributed by atoms with Gasteiger partial charge >= 0.3 is 0 Å². The van der Waals surface area contributed by atoms with Crippen LogP contribution in [0.1, 0.15) is 17.9 Å². The molecule has 2 heterocycles. The molecule has 35 heavy (non-hydrogen) atoms. The van der Waals surface area contributed by atoms with Crippen molar-refractivity contribution >= 4 is 26.8 Å². The van der Waals surface area contributed by atoms with E-state index < -0.39 is 34.1 Å². The maximum Gasteiger partial charge on any atom is 0.259 e. The number of sulfonamides is 1. The van der Waals surface area contributed by atoms with Gasteiger partial charge < -0.3 is 15.6 Å². The molecular formula is C25H30N4O5S. The second-order valence-electron chi connectivity index (χ2n) is 8.91. The number of hydrogen-bond donors (Lipinski definition) is 2. The van der Waals surface area contributed by atoms with Gasteiger partial charge in [-0.05, 0) is 36.2 Å². The average molecular weight is 499 g/mol. The topological polar surface area (TPSA) is 126 Å². The van der Waals surface area contributed by atoms with Crippen LogP contribution in [0.5, 0.6) is 5.75 Å². The van der Waals surface area contributed by atoms with Gasteiger partial charge in [-0.2, -0.15) is 0 Å².